The molecule has 0 atom stereocenters. The third-order valence-electron chi connectivity index (χ3n) is 2.96. The van der Waals surface area contributed by atoms with E-state index in [4.69, 9.17) is 9.15 Å². The predicted octanol–water partition coefficient (Wildman–Crippen LogP) is 4.77. The van der Waals surface area contributed by atoms with Gasteiger partial charge in [-0.05, 0) is 12.5 Å². The molecule has 2 heterocycles. The van der Waals surface area contributed by atoms with Gasteiger partial charge in [0.2, 0.25) is 5.89 Å². The third-order valence-corrected chi connectivity index (χ3v) is 3.84. The van der Waals surface area contributed by atoms with Crippen LogP contribution in [0, 0.1) is 0 Å². The topological polar surface area (TPSA) is 77.2 Å². The van der Waals surface area contributed by atoms with Crippen molar-refractivity contribution in [1.29, 1.82) is 0 Å². The molecular formula is C16H21N3O3S. The minimum absolute atomic E-state index is 0.308. The smallest absolute Gasteiger partial charge is 0.413 e. The number of rotatable bonds is 7. The number of carbonyl (C=O) groups is 1. The first-order chi connectivity index (χ1) is 11.1. The number of hydrogen-bond donors (Lipinski definition) is 1. The van der Waals surface area contributed by atoms with Gasteiger partial charge in [0, 0.05) is 23.1 Å². The van der Waals surface area contributed by atoms with Crippen LogP contribution in [-0.4, -0.2) is 22.7 Å². The summed E-state index contributed by atoms with van der Waals surface area (Å²) in [5.74, 6) is 1.71. The molecule has 0 aliphatic rings. The van der Waals surface area contributed by atoms with E-state index in [1.807, 2.05) is 13.0 Å². The lowest BCUT2D eigenvalue weighted by Crippen LogP contribution is -2.13. The number of unbranched alkanes of at least 4 members (excludes halogenated alkanes) is 1. The van der Waals surface area contributed by atoms with Gasteiger partial charge in [-0.15, -0.1) is 0 Å². The molecule has 0 fully saturated rings. The van der Waals surface area contributed by atoms with E-state index in [-0.39, 0.29) is 0 Å². The van der Waals surface area contributed by atoms with Gasteiger partial charge < -0.3 is 9.15 Å². The Hall–Kier alpha value is -2.15. The van der Waals surface area contributed by atoms with Crippen LogP contribution in [-0.2, 0) is 4.74 Å². The molecule has 2 aromatic rings. The Kier molecular flexibility index (Phi) is 6.34. The SMILES string of the molecule is CCCCOC(=O)Nc1ncc(/C=C/c2ncc(C(C)C)o2)s1. The van der Waals surface area contributed by atoms with E-state index in [0.717, 1.165) is 23.5 Å². The number of amides is 1. The number of nitrogens with zero attached hydrogens (tertiary/aromatic N) is 2. The van der Waals surface area contributed by atoms with E-state index in [1.54, 1.807) is 18.5 Å². The van der Waals surface area contributed by atoms with E-state index < -0.39 is 6.09 Å². The van der Waals surface area contributed by atoms with Gasteiger partial charge in [0.1, 0.15) is 5.76 Å². The second-order valence-electron chi connectivity index (χ2n) is 5.27. The first-order valence-corrected chi connectivity index (χ1v) is 8.43. The fraction of sp³-hybridized carbons (Fsp3) is 0.438. The molecule has 0 spiro atoms. The van der Waals surface area contributed by atoms with Crippen LogP contribution in [0.1, 0.15) is 56.1 Å². The average Bonchev–Trinajstić information content (AvgIpc) is 3.14. The fourth-order valence-corrected chi connectivity index (χ4v) is 2.36. The molecule has 0 saturated carbocycles. The average molecular weight is 335 g/mol. The van der Waals surface area contributed by atoms with Crippen LogP contribution in [0.5, 0.6) is 0 Å². The van der Waals surface area contributed by atoms with Crippen LogP contribution in [0.2, 0.25) is 0 Å². The molecule has 124 valence electrons. The maximum Gasteiger partial charge on any atom is 0.413 e. The Balaban J connectivity index is 1.88. The highest BCUT2D eigenvalue weighted by Gasteiger charge is 2.07. The zero-order valence-corrected chi connectivity index (χ0v) is 14.4. The van der Waals surface area contributed by atoms with Crippen molar-refractivity contribution in [3.05, 3.63) is 28.9 Å². The summed E-state index contributed by atoms with van der Waals surface area (Å²) < 4.78 is 10.6. The Morgan fingerprint density at radius 3 is 2.91 bits per heavy atom. The van der Waals surface area contributed by atoms with Crippen molar-refractivity contribution in [3.63, 3.8) is 0 Å². The largest absolute Gasteiger partial charge is 0.449 e. The van der Waals surface area contributed by atoms with Crippen molar-refractivity contribution in [1.82, 2.24) is 9.97 Å². The molecule has 0 aromatic carbocycles. The Labute approximate surface area is 139 Å². The minimum Gasteiger partial charge on any atom is -0.449 e. The molecule has 2 aromatic heterocycles. The lowest BCUT2D eigenvalue weighted by atomic mass is 10.2. The van der Waals surface area contributed by atoms with Crippen molar-refractivity contribution in [2.45, 2.75) is 39.5 Å². The van der Waals surface area contributed by atoms with Gasteiger partial charge in [-0.1, -0.05) is 38.5 Å². The third kappa shape index (κ3) is 5.52. The van der Waals surface area contributed by atoms with Gasteiger partial charge >= 0.3 is 6.09 Å². The molecule has 0 radical (unpaired) electrons. The molecule has 6 nitrogen and oxygen atoms in total. The Morgan fingerprint density at radius 1 is 1.39 bits per heavy atom. The van der Waals surface area contributed by atoms with Crippen molar-refractivity contribution in [3.8, 4) is 0 Å². The van der Waals surface area contributed by atoms with Crippen LogP contribution < -0.4 is 5.32 Å². The Bertz CT molecular complexity index is 661. The molecular weight excluding hydrogens is 314 g/mol. The molecule has 0 unspecified atom stereocenters. The number of aromatic nitrogens is 2. The highest BCUT2D eigenvalue weighted by atomic mass is 32.1. The summed E-state index contributed by atoms with van der Waals surface area (Å²) in [5.41, 5.74) is 0. The minimum atomic E-state index is -0.474. The van der Waals surface area contributed by atoms with Crippen molar-refractivity contribution >= 4 is 34.7 Å². The molecule has 1 N–H and O–H groups in total. The van der Waals surface area contributed by atoms with Gasteiger partial charge in [-0.3, -0.25) is 5.32 Å². The fourth-order valence-electron chi connectivity index (χ4n) is 1.65. The summed E-state index contributed by atoms with van der Waals surface area (Å²) in [6, 6.07) is 0. The van der Waals surface area contributed by atoms with Crippen molar-refractivity contribution < 1.29 is 13.9 Å². The molecule has 0 aliphatic heterocycles. The van der Waals surface area contributed by atoms with Gasteiger partial charge in [0.15, 0.2) is 5.13 Å². The number of thiazole rings is 1. The van der Waals surface area contributed by atoms with E-state index >= 15 is 0 Å². The number of oxazole rings is 1. The summed E-state index contributed by atoms with van der Waals surface area (Å²) in [7, 11) is 0. The van der Waals surface area contributed by atoms with E-state index in [9.17, 15) is 4.79 Å². The zero-order chi connectivity index (χ0) is 16.7. The van der Waals surface area contributed by atoms with Crippen LogP contribution in [0.3, 0.4) is 0 Å². The lowest BCUT2D eigenvalue weighted by Gasteiger charge is -2.02. The molecule has 0 bridgehead atoms. The second kappa shape index (κ2) is 8.47. The van der Waals surface area contributed by atoms with Crippen LogP contribution in [0.25, 0.3) is 12.2 Å². The predicted molar refractivity (Wildman–Crippen MR) is 91.5 cm³/mol. The maximum absolute atomic E-state index is 11.5. The van der Waals surface area contributed by atoms with Crippen molar-refractivity contribution in [2.24, 2.45) is 0 Å². The number of anilines is 1. The molecule has 0 aliphatic carbocycles. The molecule has 7 heteroatoms. The van der Waals surface area contributed by atoms with E-state index in [0.29, 0.717) is 23.5 Å². The molecule has 2 rings (SSSR count). The first-order valence-electron chi connectivity index (χ1n) is 7.62. The molecule has 0 saturated heterocycles. The van der Waals surface area contributed by atoms with Crippen molar-refractivity contribution in [2.75, 3.05) is 11.9 Å². The quantitative estimate of drug-likeness (QED) is 0.737. The maximum atomic E-state index is 11.5. The van der Waals surface area contributed by atoms with Gasteiger partial charge in [-0.25, -0.2) is 14.8 Å². The monoisotopic (exact) mass is 335 g/mol. The van der Waals surface area contributed by atoms with Crippen LogP contribution in [0.15, 0.2) is 16.8 Å². The van der Waals surface area contributed by atoms with Gasteiger partial charge in [0.05, 0.1) is 12.8 Å². The highest BCUT2D eigenvalue weighted by Crippen LogP contribution is 2.21. The summed E-state index contributed by atoms with van der Waals surface area (Å²) in [6.45, 7) is 6.56. The number of hydrogen-bond acceptors (Lipinski definition) is 6. The van der Waals surface area contributed by atoms with Crippen LogP contribution in [0.4, 0.5) is 9.93 Å². The normalized spacial score (nSPS) is 11.3. The zero-order valence-electron chi connectivity index (χ0n) is 13.5. The van der Waals surface area contributed by atoms with Gasteiger partial charge in [-0.2, -0.15) is 0 Å². The van der Waals surface area contributed by atoms with Gasteiger partial charge in [0.25, 0.3) is 0 Å². The molecule has 1 amide bonds. The number of ether oxygens (including phenoxy) is 1. The lowest BCUT2D eigenvalue weighted by molar-refractivity contribution is 0.160. The number of carbonyl (C=O) groups excluding carboxylic acids is 1. The summed E-state index contributed by atoms with van der Waals surface area (Å²) in [4.78, 5) is 20.7. The highest BCUT2D eigenvalue weighted by molar-refractivity contribution is 7.16. The Morgan fingerprint density at radius 2 is 2.22 bits per heavy atom. The number of nitrogens with one attached hydrogen (secondary N) is 1. The van der Waals surface area contributed by atoms with E-state index in [1.165, 1.54) is 11.3 Å². The summed E-state index contributed by atoms with van der Waals surface area (Å²) in [5, 5.41) is 3.11. The van der Waals surface area contributed by atoms with Crippen LogP contribution >= 0.6 is 11.3 Å². The molecule has 23 heavy (non-hydrogen) atoms. The van der Waals surface area contributed by atoms with E-state index in [2.05, 4.69) is 29.1 Å². The second-order valence-corrected chi connectivity index (χ2v) is 6.33. The summed E-state index contributed by atoms with van der Waals surface area (Å²) >= 11 is 1.35. The first kappa shape index (κ1) is 17.2. The standard InChI is InChI=1S/C16H21N3O3S/c1-4-5-8-21-16(20)19-15-18-9-12(23-15)6-7-14-17-10-13(22-14)11(2)3/h6-7,9-11H,4-5,8H2,1-3H3,(H,18,19,20)/b7-6+. The summed E-state index contributed by atoms with van der Waals surface area (Å²) in [6.07, 6.45) is 8.40.